The van der Waals surface area contributed by atoms with Gasteiger partial charge in [-0.1, -0.05) is 13.0 Å². The van der Waals surface area contributed by atoms with E-state index in [9.17, 15) is 9.59 Å². The van der Waals surface area contributed by atoms with Crippen molar-refractivity contribution in [2.75, 3.05) is 25.3 Å². The highest BCUT2D eigenvalue weighted by Gasteiger charge is 2.64. The molecule has 12 heteroatoms. The van der Waals surface area contributed by atoms with Crippen LogP contribution >= 0.6 is 15.9 Å². The third-order valence-corrected chi connectivity index (χ3v) is 8.08. The Balaban J connectivity index is 1.39. The van der Waals surface area contributed by atoms with E-state index in [1.807, 2.05) is 6.07 Å². The molecule has 6 rings (SSSR count). The van der Waals surface area contributed by atoms with Crippen LogP contribution in [0.1, 0.15) is 19.8 Å². The zero-order valence-electron chi connectivity index (χ0n) is 21.1. The summed E-state index contributed by atoms with van der Waals surface area (Å²) in [5, 5.41) is 4.20. The van der Waals surface area contributed by atoms with Gasteiger partial charge in [0.15, 0.2) is 0 Å². The van der Waals surface area contributed by atoms with Gasteiger partial charge < -0.3 is 30.0 Å². The number of pyridine rings is 1. The van der Waals surface area contributed by atoms with Gasteiger partial charge in [-0.25, -0.2) is 15.0 Å². The number of aromatic nitrogens is 4. The zero-order chi connectivity index (χ0) is 26.8. The summed E-state index contributed by atoms with van der Waals surface area (Å²) in [4.78, 5) is 42.0. The van der Waals surface area contributed by atoms with Crippen LogP contribution in [0.3, 0.4) is 0 Å². The highest BCUT2D eigenvalue weighted by molar-refractivity contribution is 9.10. The van der Waals surface area contributed by atoms with E-state index in [1.165, 1.54) is 6.33 Å². The number of nitrogen functional groups attached to an aromatic ring is 1. The van der Waals surface area contributed by atoms with Crippen molar-refractivity contribution in [3.05, 3.63) is 41.3 Å². The van der Waals surface area contributed by atoms with Crippen LogP contribution < -0.4 is 20.5 Å². The number of fused-ring (bicyclic) bond motifs is 4. The Labute approximate surface area is 226 Å². The molecule has 2 fully saturated rings. The highest BCUT2D eigenvalue weighted by atomic mass is 79.9. The summed E-state index contributed by atoms with van der Waals surface area (Å²) in [7, 11) is 3.12. The second kappa shape index (κ2) is 8.83. The van der Waals surface area contributed by atoms with Crippen molar-refractivity contribution in [3.8, 4) is 11.5 Å². The van der Waals surface area contributed by atoms with Gasteiger partial charge >= 0.3 is 0 Å². The monoisotopic (exact) mass is 579 g/mol. The predicted octanol–water partition coefficient (Wildman–Crippen LogP) is 3.36. The Bertz CT molecular complexity index is 1620. The van der Waals surface area contributed by atoms with Gasteiger partial charge in [0.25, 0.3) is 0 Å². The Morgan fingerprint density at radius 3 is 2.76 bits per heavy atom. The Kier molecular flexibility index (Phi) is 5.67. The number of halogens is 1. The number of benzene rings is 1. The van der Waals surface area contributed by atoms with E-state index >= 15 is 0 Å². The second-order valence-corrected chi connectivity index (χ2v) is 10.8. The van der Waals surface area contributed by atoms with Crippen molar-refractivity contribution in [2.24, 2.45) is 5.41 Å². The standard InChI is InChI=1S/C26H26BrN7O4/c1-26-9-15(25(36)32-19-6-4-5-18(27)31-19)34(17(26)10-26)20(35)11-33-22-14(7-13(37-2)8-16(22)38-3)21-23(28)29-12-30-24(21)33/h4-8,12,15,17H,9-11H2,1-3H3,(H2,28,29,30)(H,31,32,36)/t15-,17+,26-/m0/s1. The van der Waals surface area contributed by atoms with Crippen LogP contribution in [-0.4, -0.2) is 62.5 Å². The van der Waals surface area contributed by atoms with Crippen molar-refractivity contribution in [1.29, 1.82) is 0 Å². The minimum absolute atomic E-state index is 0.00371. The van der Waals surface area contributed by atoms with Crippen molar-refractivity contribution in [2.45, 2.75) is 38.4 Å². The van der Waals surface area contributed by atoms with Crippen LogP contribution in [-0.2, 0) is 16.1 Å². The number of anilines is 2. The molecule has 3 N–H and O–H groups in total. The number of amides is 2. The first kappa shape index (κ1) is 24.4. The molecule has 196 valence electrons. The average molecular weight is 580 g/mol. The van der Waals surface area contributed by atoms with Crippen LogP contribution in [0.4, 0.5) is 11.6 Å². The Morgan fingerprint density at radius 1 is 1.21 bits per heavy atom. The lowest BCUT2D eigenvalue weighted by molar-refractivity contribution is -0.138. The number of nitrogens with two attached hydrogens (primary N) is 1. The van der Waals surface area contributed by atoms with Crippen LogP contribution in [0.5, 0.6) is 11.5 Å². The first-order chi connectivity index (χ1) is 18.2. The first-order valence-electron chi connectivity index (χ1n) is 12.1. The number of piperidine rings is 1. The van der Waals surface area contributed by atoms with E-state index in [0.29, 0.717) is 44.9 Å². The number of rotatable bonds is 6. The fraction of sp³-hybridized carbons (Fsp3) is 0.346. The van der Waals surface area contributed by atoms with Crippen molar-refractivity contribution < 1.29 is 19.1 Å². The summed E-state index contributed by atoms with van der Waals surface area (Å²) in [6.45, 7) is 2.07. The van der Waals surface area contributed by atoms with E-state index in [1.54, 1.807) is 48.0 Å². The molecular weight excluding hydrogens is 554 g/mol. The third kappa shape index (κ3) is 3.82. The molecule has 3 atom stereocenters. The summed E-state index contributed by atoms with van der Waals surface area (Å²) in [6, 6.07) is 8.26. The van der Waals surface area contributed by atoms with Crippen molar-refractivity contribution in [1.82, 2.24) is 24.4 Å². The summed E-state index contributed by atoms with van der Waals surface area (Å²) in [5.74, 6) is 1.36. The number of nitrogens with one attached hydrogen (secondary N) is 1. The molecule has 4 heterocycles. The maximum atomic E-state index is 14.0. The molecule has 0 spiro atoms. The van der Waals surface area contributed by atoms with E-state index in [4.69, 9.17) is 15.2 Å². The van der Waals surface area contributed by atoms with Gasteiger partial charge in [-0.3, -0.25) is 9.59 Å². The number of methoxy groups -OCH3 is 2. The molecule has 38 heavy (non-hydrogen) atoms. The predicted molar refractivity (Wildman–Crippen MR) is 145 cm³/mol. The van der Waals surface area contributed by atoms with Gasteiger partial charge in [0.05, 0.1) is 25.1 Å². The molecule has 1 aromatic carbocycles. The minimum atomic E-state index is -0.609. The topological polar surface area (TPSA) is 137 Å². The largest absolute Gasteiger partial charge is 0.497 e. The first-order valence-corrected chi connectivity index (χ1v) is 12.9. The number of carbonyl (C=O) groups excluding carboxylic acids is 2. The molecule has 0 radical (unpaired) electrons. The quantitative estimate of drug-likeness (QED) is 0.332. The van der Waals surface area contributed by atoms with Gasteiger partial charge in [0.2, 0.25) is 11.8 Å². The number of hydrogen-bond acceptors (Lipinski definition) is 8. The fourth-order valence-corrected chi connectivity index (χ4v) is 6.05. The summed E-state index contributed by atoms with van der Waals surface area (Å²) >= 11 is 3.33. The second-order valence-electron chi connectivity index (χ2n) is 10.00. The van der Waals surface area contributed by atoms with Crippen LogP contribution in [0, 0.1) is 5.41 Å². The van der Waals surface area contributed by atoms with Crippen LogP contribution in [0.2, 0.25) is 0 Å². The molecule has 4 aromatic rings. The SMILES string of the molecule is COc1cc(OC)c2c(c1)c1c(N)ncnc1n2CC(=O)N1[C@H](C(=O)Nc2cccc(Br)n2)C[C@@]2(C)C[C@@H]12. The molecule has 2 amide bonds. The Morgan fingerprint density at radius 2 is 2.03 bits per heavy atom. The average Bonchev–Trinajstić information content (AvgIpc) is 3.30. The van der Waals surface area contributed by atoms with Gasteiger partial charge in [0.1, 0.15) is 52.3 Å². The molecule has 1 saturated carbocycles. The van der Waals surface area contributed by atoms with Gasteiger partial charge in [-0.15, -0.1) is 0 Å². The molecule has 11 nitrogen and oxygen atoms in total. The number of nitrogens with zero attached hydrogens (tertiary/aromatic N) is 5. The lowest BCUT2D eigenvalue weighted by atomic mass is 10.0. The van der Waals surface area contributed by atoms with Gasteiger partial charge in [0, 0.05) is 17.5 Å². The van der Waals surface area contributed by atoms with E-state index < -0.39 is 6.04 Å². The zero-order valence-corrected chi connectivity index (χ0v) is 22.7. The number of hydrogen-bond donors (Lipinski definition) is 2. The summed E-state index contributed by atoms with van der Waals surface area (Å²) in [6.07, 6.45) is 2.82. The molecule has 2 aliphatic rings. The number of ether oxygens (including phenoxy) is 2. The normalized spacial score (nSPS) is 21.9. The summed E-state index contributed by atoms with van der Waals surface area (Å²) in [5.41, 5.74) is 7.34. The highest BCUT2D eigenvalue weighted by Crippen LogP contribution is 2.59. The molecule has 1 saturated heterocycles. The molecule has 3 aromatic heterocycles. The van der Waals surface area contributed by atoms with Gasteiger partial charge in [-0.2, -0.15) is 0 Å². The maximum absolute atomic E-state index is 14.0. The Hall–Kier alpha value is -3.93. The fourth-order valence-electron chi connectivity index (χ4n) is 5.70. The van der Waals surface area contributed by atoms with Crippen molar-refractivity contribution in [3.63, 3.8) is 0 Å². The van der Waals surface area contributed by atoms with Gasteiger partial charge in [-0.05, 0) is 52.4 Å². The molecule has 0 bridgehead atoms. The smallest absolute Gasteiger partial charge is 0.248 e. The maximum Gasteiger partial charge on any atom is 0.248 e. The molecule has 1 aliphatic heterocycles. The molecule has 1 aliphatic carbocycles. The van der Waals surface area contributed by atoms with Crippen LogP contribution in [0.25, 0.3) is 21.9 Å². The third-order valence-electron chi connectivity index (χ3n) is 7.64. The van der Waals surface area contributed by atoms with Crippen molar-refractivity contribution >= 4 is 61.3 Å². The van der Waals surface area contributed by atoms with Crippen LogP contribution in [0.15, 0.2) is 41.3 Å². The van der Waals surface area contributed by atoms with E-state index in [2.05, 4.69) is 43.1 Å². The molecular formula is C26H26BrN7O4. The van der Waals surface area contributed by atoms with E-state index in [-0.39, 0.29) is 35.6 Å². The lowest BCUT2D eigenvalue weighted by Gasteiger charge is -2.27. The number of likely N-dealkylation sites (tertiary alicyclic amines) is 1. The lowest BCUT2D eigenvalue weighted by Crippen LogP contribution is -2.46. The molecule has 0 unspecified atom stereocenters. The van der Waals surface area contributed by atoms with E-state index in [0.717, 1.165) is 11.8 Å². The minimum Gasteiger partial charge on any atom is -0.497 e. The number of carbonyl (C=O) groups is 2. The summed E-state index contributed by atoms with van der Waals surface area (Å²) < 4.78 is 13.5.